The molecule has 0 amide bonds. The third kappa shape index (κ3) is 2.15. The molecule has 0 atom stereocenters. The fourth-order valence-electron chi connectivity index (χ4n) is 2.51. The van der Waals surface area contributed by atoms with Crippen molar-refractivity contribution in [1.82, 2.24) is 20.0 Å². The molecule has 0 unspecified atom stereocenters. The van der Waals surface area contributed by atoms with Crippen LogP contribution in [0.15, 0.2) is 42.7 Å². The van der Waals surface area contributed by atoms with Gasteiger partial charge in [0.1, 0.15) is 11.4 Å². The Labute approximate surface area is 126 Å². The highest BCUT2D eigenvalue weighted by Gasteiger charge is 2.13. The third-order valence-electron chi connectivity index (χ3n) is 3.60. The summed E-state index contributed by atoms with van der Waals surface area (Å²) in [5, 5.41) is 12.1. The zero-order chi connectivity index (χ0) is 14.2. The SMILES string of the molecule is Clc1ncccc1-n1cc(-c2ccc3c(c2)NCC3)nn1. The van der Waals surface area contributed by atoms with Crippen LogP contribution >= 0.6 is 11.6 Å². The summed E-state index contributed by atoms with van der Waals surface area (Å²) >= 11 is 6.08. The van der Waals surface area contributed by atoms with Crippen LogP contribution in [0.3, 0.4) is 0 Å². The summed E-state index contributed by atoms with van der Waals surface area (Å²) in [5.41, 5.74) is 5.10. The number of hydrogen-bond donors (Lipinski definition) is 1. The van der Waals surface area contributed by atoms with Crippen LogP contribution in [0.4, 0.5) is 5.69 Å². The van der Waals surface area contributed by atoms with E-state index in [9.17, 15) is 0 Å². The van der Waals surface area contributed by atoms with E-state index in [-0.39, 0.29) is 0 Å². The monoisotopic (exact) mass is 297 g/mol. The summed E-state index contributed by atoms with van der Waals surface area (Å²) < 4.78 is 1.64. The van der Waals surface area contributed by atoms with Crippen LogP contribution in [-0.2, 0) is 6.42 Å². The van der Waals surface area contributed by atoms with Gasteiger partial charge in [0.25, 0.3) is 0 Å². The highest BCUT2D eigenvalue weighted by Crippen LogP contribution is 2.28. The van der Waals surface area contributed by atoms with Gasteiger partial charge in [-0.15, -0.1) is 5.10 Å². The third-order valence-corrected chi connectivity index (χ3v) is 3.89. The van der Waals surface area contributed by atoms with Crippen molar-refractivity contribution in [2.24, 2.45) is 0 Å². The zero-order valence-electron chi connectivity index (χ0n) is 11.1. The van der Waals surface area contributed by atoms with Crippen molar-refractivity contribution in [3.8, 4) is 16.9 Å². The largest absolute Gasteiger partial charge is 0.384 e. The Morgan fingerprint density at radius 2 is 2.19 bits per heavy atom. The number of aromatic nitrogens is 4. The second-order valence-electron chi connectivity index (χ2n) is 4.91. The fourth-order valence-corrected chi connectivity index (χ4v) is 2.72. The first-order valence-electron chi connectivity index (χ1n) is 6.72. The second-order valence-corrected chi connectivity index (χ2v) is 5.27. The van der Waals surface area contributed by atoms with Crippen molar-refractivity contribution in [2.75, 3.05) is 11.9 Å². The summed E-state index contributed by atoms with van der Waals surface area (Å²) in [5.74, 6) is 0. The molecule has 1 aromatic carbocycles. The number of pyridine rings is 1. The molecule has 0 fully saturated rings. The maximum absolute atomic E-state index is 6.08. The molecular weight excluding hydrogens is 286 g/mol. The van der Waals surface area contributed by atoms with Crippen molar-refractivity contribution in [1.29, 1.82) is 0 Å². The minimum absolute atomic E-state index is 0.407. The molecule has 5 nitrogen and oxygen atoms in total. The predicted octanol–water partition coefficient (Wildman–Crippen LogP) is 2.95. The van der Waals surface area contributed by atoms with Crippen molar-refractivity contribution < 1.29 is 0 Å². The predicted molar refractivity (Wildman–Crippen MR) is 81.8 cm³/mol. The molecule has 0 aliphatic carbocycles. The Kier molecular flexibility index (Phi) is 2.86. The van der Waals surface area contributed by atoms with E-state index < -0.39 is 0 Å². The smallest absolute Gasteiger partial charge is 0.154 e. The highest BCUT2D eigenvalue weighted by atomic mass is 35.5. The van der Waals surface area contributed by atoms with Crippen LogP contribution in [0.1, 0.15) is 5.56 Å². The van der Waals surface area contributed by atoms with Crippen molar-refractivity contribution in [3.05, 3.63) is 53.4 Å². The van der Waals surface area contributed by atoms with Crippen LogP contribution in [0.2, 0.25) is 5.15 Å². The Morgan fingerprint density at radius 1 is 1.24 bits per heavy atom. The quantitative estimate of drug-likeness (QED) is 0.739. The maximum atomic E-state index is 6.08. The van der Waals surface area contributed by atoms with E-state index in [1.807, 2.05) is 18.3 Å². The number of anilines is 1. The Hall–Kier alpha value is -2.40. The average molecular weight is 298 g/mol. The van der Waals surface area contributed by atoms with Gasteiger partial charge in [-0.25, -0.2) is 9.67 Å². The second kappa shape index (κ2) is 4.86. The highest BCUT2D eigenvalue weighted by molar-refractivity contribution is 6.31. The van der Waals surface area contributed by atoms with Gasteiger partial charge in [-0.2, -0.15) is 0 Å². The van der Waals surface area contributed by atoms with Gasteiger partial charge in [-0.05, 0) is 30.2 Å². The molecule has 104 valence electrons. The summed E-state index contributed by atoms with van der Waals surface area (Å²) in [4.78, 5) is 4.05. The number of nitrogens with one attached hydrogen (secondary N) is 1. The molecule has 0 radical (unpaired) electrons. The van der Waals surface area contributed by atoms with Crippen molar-refractivity contribution in [2.45, 2.75) is 6.42 Å². The molecule has 4 rings (SSSR count). The summed E-state index contributed by atoms with van der Waals surface area (Å²) in [6.45, 7) is 0.997. The van der Waals surface area contributed by atoms with Gasteiger partial charge in [0.05, 0.1) is 6.20 Å². The molecule has 1 aliphatic rings. The van der Waals surface area contributed by atoms with E-state index in [1.54, 1.807) is 10.9 Å². The van der Waals surface area contributed by atoms with E-state index in [0.717, 1.165) is 29.9 Å². The number of nitrogens with zero attached hydrogens (tertiary/aromatic N) is 4. The van der Waals surface area contributed by atoms with Gasteiger partial charge in [-0.1, -0.05) is 28.9 Å². The standard InChI is InChI=1S/C15H12ClN5/c16-15-14(2-1-6-18-15)21-9-13(19-20-21)11-4-3-10-5-7-17-12(10)8-11/h1-4,6,8-9,17H,5,7H2. The molecule has 1 N–H and O–H groups in total. The Bertz CT molecular complexity index is 811. The van der Waals surface area contributed by atoms with Crippen LogP contribution in [0.25, 0.3) is 16.9 Å². The van der Waals surface area contributed by atoms with Gasteiger partial charge in [0.2, 0.25) is 0 Å². The van der Waals surface area contributed by atoms with Gasteiger partial charge in [0.15, 0.2) is 5.15 Å². The lowest BCUT2D eigenvalue weighted by atomic mass is 10.1. The molecule has 3 aromatic rings. The summed E-state index contributed by atoms with van der Waals surface area (Å²) in [6, 6.07) is 10.0. The molecule has 0 saturated heterocycles. The topological polar surface area (TPSA) is 55.6 Å². The molecule has 0 saturated carbocycles. The molecule has 21 heavy (non-hydrogen) atoms. The minimum Gasteiger partial charge on any atom is -0.384 e. The number of fused-ring (bicyclic) bond motifs is 1. The average Bonchev–Trinajstić information content (AvgIpc) is 3.16. The molecule has 6 heteroatoms. The Balaban J connectivity index is 1.73. The number of benzene rings is 1. The lowest BCUT2D eigenvalue weighted by Gasteiger charge is -2.02. The van der Waals surface area contributed by atoms with E-state index in [4.69, 9.17) is 11.6 Å². The number of rotatable bonds is 2. The first-order chi connectivity index (χ1) is 10.3. The van der Waals surface area contributed by atoms with E-state index in [1.165, 1.54) is 11.3 Å². The molecule has 0 spiro atoms. The van der Waals surface area contributed by atoms with Crippen LogP contribution in [-0.4, -0.2) is 26.5 Å². The number of halogens is 1. The zero-order valence-corrected chi connectivity index (χ0v) is 11.9. The van der Waals surface area contributed by atoms with Gasteiger partial charge in [0, 0.05) is 24.0 Å². The van der Waals surface area contributed by atoms with Crippen molar-refractivity contribution >= 4 is 17.3 Å². The summed E-state index contributed by atoms with van der Waals surface area (Å²) in [7, 11) is 0. The van der Waals surface area contributed by atoms with E-state index in [2.05, 4.69) is 38.8 Å². The van der Waals surface area contributed by atoms with E-state index in [0.29, 0.717) is 5.15 Å². The lowest BCUT2D eigenvalue weighted by molar-refractivity contribution is 0.800. The maximum Gasteiger partial charge on any atom is 0.154 e. The van der Waals surface area contributed by atoms with Crippen LogP contribution in [0, 0.1) is 0 Å². The van der Waals surface area contributed by atoms with Crippen LogP contribution in [0.5, 0.6) is 0 Å². The molecule has 2 aromatic heterocycles. The van der Waals surface area contributed by atoms with E-state index >= 15 is 0 Å². The normalized spacial score (nSPS) is 13.0. The number of hydrogen-bond acceptors (Lipinski definition) is 4. The van der Waals surface area contributed by atoms with Crippen molar-refractivity contribution in [3.63, 3.8) is 0 Å². The molecule has 0 bridgehead atoms. The van der Waals surface area contributed by atoms with Gasteiger partial charge >= 0.3 is 0 Å². The fraction of sp³-hybridized carbons (Fsp3) is 0.133. The lowest BCUT2D eigenvalue weighted by Crippen LogP contribution is -1.96. The molecule has 1 aliphatic heterocycles. The first kappa shape index (κ1) is 12.3. The van der Waals surface area contributed by atoms with Gasteiger partial charge in [-0.3, -0.25) is 0 Å². The van der Waals surface area contributed by atoms with Crippen LogP contribution < -0.4 is 5.32 Å². The molecular formula is C15H12ClN5. The minimum atomic E-state index is 0.407. The Morgan fingerprint density at radius 3 is 3.10 bits per heavy atom. The summed E-state index contributed by atoms with van der Waals surface area (Å²) in [6.07, 6.45) is 4.59. The van der Waals surface area contributed by atoms with Gasteiger partial charge < -0.3 is 5.32 Å². The first-order valence-corrected chi connectivity index (χ1v) is 7.09. The molecule has 3 heterocycles.